The van der Waals surface area contributed by atoms with Gasteiger partial charge in [0.2, 0.25) is 0 Å². The molecule has 5 heteroatoms. The minimum absolute atomic E-state index is 0.354. The lowest BCUT2D eigenvalue weighted by Crippen LogP contribution is -2.19. The molecule has 0 N–H and O–H groups in total. The summed E-state index contributed by atoms with van der Waals surface area (Å²) in [5.74, 6) is 1.04. The normalized spacial score (nSPS) is 10.6. The Hall–Kier alpha value is -0.640. The number of ether oxygens (including phenoxy) is 2. The van der Waals surface area contributed by atoms with Gasteiger partial charge in [0.05, 0.1) is 17.2 Å². The van der Waals surface area contributed by atoms with E-state index in [-0.39, 0.29) is 0 Å². The molecule has 89 valence electrons. The average Bonchev–Trinajstić information content (AvgIpc) is 2.20. The molecule has 1 aromatic carbocycles. The smallest absolute Gasteiger partial charge is 0.142 e. The zero-order valence-corrected chi connectivity index (χ0v) is 11.0. The summed E-state index contributed by atoms with van der Waals surface area (Å²) in [6.45, 7) is 1.35. The highest BCUT2D eigenvalue weighted by atomic mass is 35.5. The number of halogens is 2. The summed E-state index contributed by atoms with van der Waals surface area (Å²) in [6.07, 6.45) is 0. The Morgan fingerprint density at radius 2 is 1.88 bits per heavy atom. The summed E-state index contributed by atoms with van der Waals surface area (Å²) in [5, 5.41) is 0.719. The van der Waals surface area contributed by atoms with Gasteiger partial charge in [-0.15, -0.1) is 0 Å². The van der Waals surface area contributed by atoms with Crippen molar-refractivity contribution in [2.45, 2.75) is 0 Å². The third-order valence-corrected chi connectivity index (χ3v) is 2.49. The fraction of sp³-hybridized carbons (Fsp3) is 0.455. The maximum absolute atomic E-state index is 5.94. The molecular formula is C11H14Cl2NO2. The molecule has 0 heterocycles. The van der Waals surface area contributed by atoms with Crippen molar-refractivity contribution in [1.29, 1.82) is 0 Å². The Morgan fingerprint density at radius 1 is 1.25 bits per heavy atom. The third-order valence-electron chi connectivity index (χ3n) is 1.93. The van der Waals surface area contributed by atoms with Crippen LogP contribution in [-0.4, -0.2) is 39.3 Å². The van der Waals surface area contributed by atoms with Crippen LogP contribution in [-0.2, 0) is 0 Å². The highest BCUT2D eigenvalue weighted by molar-refractivity contribution is 6.36. The molecule has 0 aliphatic heterocycles. The SMILES string of the molecule is COc1cc(OCCN(C)C)c(Cl)[c]c1Cl. The Bertz CT molecular complexity index is 356. The molecule has 0 fully saturated rings. The van der Waals surface area contributed by atoms with Gasteiger partial charge in [-0.2, -0.15) is 0 Å². The third kappa shape index (κ3) is 3.74. The monoisotopic (exact) mass is 262 g/mol. The fourth-order valence-corrected chi connectivity index (χ4v) is 1.54. The molecule has 0 bridgehead atoms. The van der Waals surface area contributed by atoms with Gasteiger partial charge in [0, 0.05) is 18.7 Å². The molecule has 0 unspecified atom stereocenters. The van der Waals surface area contributed by atoms with E-state index in [9.17, 15) is 0 Å². The standard InChI is InChI=1S/C11H14Cl2NO2/c1-14(2)4-5-16-11-7-10(15-3)8(12)6-9(11)13/h7H,4-5H2,1-3H3. The maximum Gasteiger partial charge on any atom is 0.142 e. The lowest BCUT2D eigenvalue weighted by Gasteiger charge is -2.13. The summed E-state index contributed by atoms with van der Waals surface area (Å²) < 4.78 is 10.6. The molecule has 0 aromatic heterocycles. The Balaban J connectivity index is 2.72. The van der Waals surface area contributed by atoms with Crippen LogP contribution in [0.3, 0.4) is 0 Å². The van der Waals surface area contributed by atoms with Crippen molar-refractivity contribution in [2.24, 2.45) is 0 Å². The quantitative estimate of drug-likeness (QED) is 0.815. The molecule has 0 saturated carbocycles. The van der Waals surface area contributed by atoms with Crippen molar-refractivity contribution in [2.75, 3.05) is 34.4 Å². The molecule has 16 heavy (non-hydrogen) atoms. The van der Waals surface area contributed by atoms with Crippen LogP contribution in [0.4, 0.5) is 0 Å². The lowest BCUT2D eigenvalue weighted by molar-refractivity contribution is 0.260. The molecule has 0 amide bonds. The van der Waals surface area contributed by atoms with Crippen LogP contribution in [0.2, 0.25) is 10.0 Å². The van der Waals surface area contributed by atoms with E-state index >= 15 is 0 Å². The van der Waals surface area contributed by atoms with Crippen molar-refractivity contribution < 1.29 is 9.47 Å². The first kappa shape index (κ1) is 13.4. The zero-order chi connectivity index (χ0) is 12.1. The van der Waals surface area contributed by atoms with Crippen LogP contribution in [0.1, 0.15) is 0 Å². The molecule has 1 radical (unpaired) electrons. The number of benzene rings is 1. The molecule has 0 spiro atoms. The van der Waals surface area contributed by atoms with E-state index in [2.05, 4.69) is 6.07 Å². The van der Waals surface area contributed by atoms with Crippen LogP contribution in [0, 0.1) is 6.07 Å². The van der Waals surface area contributed by atoms with Crippen LogP contribution >= 0.6 is 23.2 Å². The van der Waals surface area contributed by atoms with Gasteiger partial charge in [0.1, 0.15) is 18.1 Å². The van der Waals surface area contributed by atoms with Crippen molar-refractivity contribution >= 4 is 23.2 Å². The largest absolute Gasteiger partial charge is 0.495 e. The number of hydrogen-bond donors (Lipinski definition) is 0. The summed E-state index contributed by atoms with van der Waals surface area (Å²) in [6, 6.07) is 4.43. The summed E-state index contributed by atoms with van der Waals surface area (Å²) in [5.41, 5.74) is 0. The second kappa shape index (κ2) is 6.18. The van der Waals surface area contributed by atoms with E-state index in [4.69, 9.17) is 32.7 Å². The predicted molar refractivity (Wildman–Crippen MR) is 65.9 cm³/mol. The highest BCUT2D eigenvalue weighted by Gasteiger charge is 2.09. The molecule has 0 atom stereocenters. The van der Waals surface area contributed by atoms with E-state index in [1.54, 1.807) is 6.07 Å². The van der Waals surface area contributed by atoms with E-state index in [1.165, 1.54) is 7.11 Å². The highest BCUT2D eigenvalue weighted by Crippen LogP contribution is 2.34. The zero-order valence-electron chi connectivity index (χ0n) is 9.51. The minimum atomic E-state index is 0.354. The second-order valence-corrected chi connectivity index (χ2v) is 4.24. The van der Waals surface area contributed by atoms with Gasteiger partial charge in [0.25, 0.3) is 0 Å². The van der Waals surface area contributed by atoms with Crippen molar-refractivity contribution in [1.82, 2.24) is 4.90 Å². The van der Waals surface area contributed by atoms with Gasteiger partial charge < -0.3 is 14.4 Å². The first-order chi connectivity index (χ1) is 7.54. The number of rotatable bonds is 5. The Kier molecular flexibility index (Phi) is 5.19. The number of likely N-dealkylation sites (N-methyl/N-ethyl adjacent to an activating group) is 1. The first-order valence-corrected chi connectivity index (χ1v) is 5.53. The molecule has 0 aliphatic rings. The number of hydrogen-bond acceptors (Lipinski definition) is 3. The average molecular weight is 263 g/mol. The molecule has 0 aliphatic carbocycles. The van der Waals surface area contributed by atoms with E-state index in [0.717, 1.165) is 6.54 Å². The molecular weight excluding hydrogens is 249 g/mol. The van der Waals surface area contributed by atoms with Gasteiger partial charge in [-0.1, -0.05) is 23.2 Å². The van der Waals surface area contributed by atoms with Crippen LogP contribution in [0.15, 0.2) is 6.07 Å². The molecule has 1 aromatic rings. The van der Waals surface area contributed by atoms with Crippen LogP contribution in [0.25, 0.3) is 0 Å². The second-order valence-electron chi connectivity index (χ2n) is 3.48. The van der Waals surface area contributed by atoms with Gasteiger partial charge >= 0.3 is 0 Å². The van der Waals surface area contributed by atoms with E-state index < -0.39 is 0 Å². The molecule has 3 nitrogen and oxygen atoms in total. The Labute approximate surface area is 106 Å². The van der Waals surface area contributed by atoms with E-state index in [1.807, 2.05) is 19.0 Å². The summed E-state index contributed by atoms with van der Waals surface area (Å²) in [4.78, 5) is 2.02. The number of nitrogens with zero attached hydrogens (tertiary/aromatic N) is 1. The maximum atomic E-state index is 5.94. The van der Waals surface area contributed by atoms with Crippen LogP contribution < -0.4 is 9.47 Å². The predicted octanol–water partition coefficient (Wildman–Crippen LogP) is 2.74. The van der Waals surface area contributed by atoms with E-state index in [0.29, 0.717) is 28.2 Å². The van der Waals surface area contributed by atoms with Gasteiger partial charge in [-0.3, -0.25) is 0 Å². The van der Waals surface area contributed by atoms with Crippen molar-refractivity contribution in [3.8, 4) is 11.5 Å². The lowest BCUT2D eigenvalue weighted by atomic mass is 10.3. The minimum Gasteiger partial charge on any atom is -0.495 e. The van der Waals surface area contributed by atoms with Gasteiger partial charge in [-0.25, -0.2) is 0 Å². The van der Waals surface area contributed by atoms with Gasteiger partial charge in [0.15, 0.2) is 0 Å². The van der Waals surface area contributed by atoms with Crippen molar-refractivity contribution in [3.63, 3.8) is 0 Å². The fourth-order valence-electron chi connectivity index (χ4n) is 1.06. The topological polar surface area (TPSA) is 21.7 Å². The summed E-state index contributed by atoms with van der Waals surface area (Å²) >= 11 is 11.8. The van der Waals surface area contributed by atoms with Crippen LogP contribution in [0.5, 0.6) is 11.5 Å². The van der Waals surface area contributed by atoms with Crippen molar-refractivity contribution in [3.05, 3.63) is 22.2 Å². The first-order valence-electron chi connectivity index (χ1n) is 4.77. The molecule has 0 saturated heterocycles. The van der Waals surface area contributed by atoms with Gasteiger partial charge in [-0.05, 0) is 14.1 Å². The number of methoxy groups -OCH3 is 1. The summed E-state index contributed by atoms with van der Waals surface area (Å²) in [7, 11) is 5.48. The molecule has 1 rings (SSSR count). The Morgan fingerprint density at radius 3 is 2.44 bits per heavy atom.